The fourth-order valence-corrected chi connectivity index (χ4v) is 1.08. The number of aryl methyl sites for hydroxylation is 1. The maximum Gasteiger partial charge on any atom is 0.315 e. The minimum atomic E-state index is -2.87. The quantitative estimate of drug-likeness (QED) is 0.699. The number of nitrogens with zero attached hydrogens (tertiary/aromatic N) is 2. The molecule has 3 heterocycles. The van der Waals surface area contributed by atoms with Gasteiger partial charge >= 0.3 is 6.55 Å². The molecule has 7 heteroatoms. The van der Waals surface area contributed by atoms with Crippen LogP contribution in [-0.2, 0) is 7.05 Å². The normalized spacial score (nSPS) is 12.3. The van der Waals surface area contributed by atoms with Crippen LogP contribution in [0.3, 0.4) is 0 Å². The van der Waals surface area contributed by atoms with Gasteiger partial charge in [-0.1, -0.05) is 0 Å². The van der Waals surface area contributed by atoms with Gasteiger partial charge in [0.15, 0.2) is 5.56 Å². The van der Waals surface area contributed by atoms with Gasteiger partial charge in [-0.15, -0.1) is 5.10 Å². The van der Waals surface area contributed by atoms with E-state index < -0.39 is 12.5 Å². The Hall–Kier alpha value is -1.66. The zero-order valence-corrected chi connectivity index (χ0v) is 6.54. The van der Waals surface area contributed by atoms with E-state index in [4.69, 9.17) is 4.74 Å². The number of rotatable bonds is 2. The third-order valence-corrected chi connectivity index (χ3v) is 1.62. The van der Waals surface area contributed by atoms with E-state index in [1.807, 2.05) is 0 Å². The molecule has 2 aliphatic rings. The van der Waals surface area contributed by atoms with Crippen molar-refractivity contribution in [2.24, 2.45) is 7.05 Å². The average Bonchev–Trinajstić information content (AvgIpc) is 2.40. The highest BCUT2D eigenvalue weighted by Crippen LogP contribution is 2.40. The maximum atomic E-state index is 11.7. The third kappa shape index (κ3) is 1.04. The van der Waals surface area contributed by atoms with Gasteiger partial charge in [-0.3, -0.25) is 10.1 Å². The number of fused-ring (bicyclic) bond motifs is 1. The summed E-state index contributed by atoms with van der Waals surface area (Å²) in [6.45, 7) is -2.87. The highest BCUT2D eigenvalue weighted by Gasteiger charge is 2.35. The summed E-state index contributed by atoms with van der Waals surface area (Å²) in [6.07, 6.45) is 0. The van der Waals surface area contributed by atoms with Crippen LogP contribution >= 0.6 is 0 Å². The molecule has 0 saturated carbocycles. The first-order valence-corrected chi connectivity index (χ1v) is 3.43. The predicted octanol–water partition coefficient (Wildman–Crippen LogP) is 0.478. The Morgan fingerprint density at radius 3 is 2.77 bits per heavy atom. The minimum Gasteiger partial charge on any atom is -0.417 e. The summed E-state index contributed by atoms with van der Waals surface area (Å²) in [7, 11) is 1.56. The number of alkyl halides is 2. The van der Waals surface area contributed by atoms with Gasteiger partial charge in [-0.25, -0.2) is 4.68 Å². The molecule has 70 valence electrons. The number of ether oxygens (including phenoxy) is 1. The lowest BCUT2D eigenvalue weighted by Crippen LogP contribution is -2.30. The van der Waals surface area contributed by atoms with Gasteiger partial charge in [0, 0.05) is 7.05 Å². The Labute approximate surface area is 71.3 Å². The highest BCUT2D eigenvalue weighted by atomic mass is 19.3. The van der Waals surface area contributed by atoms with E-state index in [0.717, 1.165) is 0 Å². The fraction of sp³-hybridized carbons (Fsp3) is 0.333. The Balaban J connectivity index is 2.20. The summed E-state index contributed by atoms with van der Waals surface area (Å²) in [4.78, 5) is 11.0. The van der Waals surface area contributed by atoms with Crippen molar-refractivity contribution in [2.75, 3.05) is 0 Å². The van der Waals surface area contributed by atoms with E-state index in [1.165, 1.54) is 10.00 Å². The monoisotopic (exact) mass is 189 g/mol. The van der Waals surface area contributed by atoms with Crippen LogP contribution in [0.4, 0.5) is 8.78 Å². The van der Waals surface area contributed by atoms with Gasteiger partial charge in [0.2, 0.25) is 5.88 Å². The molecule has 0 atom stereocenters. The molecule has 0 aliphatic carbocycles. The van der Waals surface area contributed by atoms with Crippen LogP contribution in [0.1, 0.15) is 10.4 Å². The number of carbonyl (C=O) groups is 1. The first-order valence-electron chi connectivity index (χ1n) is 3.43. The lowest BCUT2D eigenvalue weighted by atomic mass is 10.2. The van der Waals surface area contributed by atoms with Crippen LogP contribution in [0.2, 0.25) is 0 Å². The lowest BCUT2D eigenvalue weighted by molar-refractivity contribution is 0.0688. The lowest BCUT2D eigenvalue weighted by Gasteiger charge is -2.12. The summed E-state index contributed by atoms with van der Waals surface area (Å²) < 4.78 is 29.6. The minimum absolute atomic E-state index is 0.0859. The van der Waals surface area contributed by atoms with Gasteiger partial charge in [0.1, 0.15) is 0 Å². The van der Waals surface area contributed by atoms with Crippen LogP contribution in [-0.4, -0.2) is 22.2 Å². The molecule has 13 heavy (non-hydrogen) atoms. The standard InChI is InChI=1S/C6H5F2N3O2/c1-11-5-2(4(10-11)13-5)3(12)9-6(7)8/h6H,1H3,(H,9,12). The van der Waals surface area contributed by atoms with Gasteiger partial charge < -0.3 is 4.74 Å². The molecule has 0 radical (unpaired) electrons. The molecule has 2 aliphatic heterocycles. The van der Waals surface area contributed by atoms with Crippen LogP contribution in [0.5, 0.6) is 11.8 Å². The maximum absolute atomic E-state index is 11.7. The summed E-state index contributed by atoms with van der Waals surface area (Å²) >= 11 is 0. The van der Waals surface area contributed by atoms with E-state index in [2.05, 4.69) is 5.10 Å². The zero-order chi connectivity index (χ0) is 9.59. The number of amides is 1. The summed E-state index contributed by atoms with van der Waals surface area (Å²) in [5.74, 6) is -0.553. The van der Waals surface area contributed by atoms with E-state index in [0.29, 0.717) is 0 Å². The van der Waals surface area contributed by atoms with Crippen molar-refractivity contribution < 1.29 is 18.3 Å². The molecule has 0 saturated heterocycles. The van der Waals surface area contributed by atoms with Crippen molar-refractivity contribution in [2.45, 2.75) is 6.55 Å². The molecule has 0 unspecified atom stereocenters. The van der Waals surface area contributed by atoms with Gasteiger partial charge in [-0.05, 0) is 0 Å². The largest absolute Gasteiger partial charge is 0.417 e. The Morgan fingerprint density at radius 1 is 1.69 bits per heavy atom. The molecule has 1 N–H and O–H groups in total. The van der Waals surface area contributed by atoms with Crippen LogP contribution < -0.4 is 10.1 Å². The van der Waals surface area contributed by atoms with Crippen molar-refractivity contribution >= 4 is 5.91 Å². The molecule has 3 rings (SSSR count). The second-order valence-electron chi connectivity index (χ2n) is 2.49. The number of carbonyl (C=O) groups excluding carboxylic acids is 1. The topological polar surface area (TPSA) is 56.2 Å². The molecule has 2 bridgehead atoms. The number of hydrogen-bond donors (Lipinski definition) is 1. The van der Waals surface area contributed by atoms with E-state index in [-0.39, 0.29) is 17.3 Å². The van der Waals surface area contributed by atoms with E-state index in [1.54, 1.807) is 7.05 Å². The second-order valence-corrected chi connectivity index (χ2v) is 2.49. The smallest absolute Gasteiger partial charge is 0.315 e. The van der Waals surface area contributed by atoms with Crippen molar-refractivity contribution in [3.05, 3.63) is 5.56 Å². The first kappa shape index (κ1) is 7.96. The van der Waals surface area contributed by atoms with E-state index in [9.17, 15) is 13.6 Å². The molecular weight excluding hydrogens is 184 g/mol. The van der Waals surface area contributed by atoms with Crippen molar-refractivity contribution in [1.82, 2.24) is 15.1 Å². The molecule has 0 aromatic carbocycles. The summed E-state index contributed by atoms with van der Waals surface area (Å²) in [5, 5.41) is 5.17. The third-order valence-electron chi connectivity index (χ3n) is 1.62. The molecule has 0 spiro atoms. The number of aromatic nitrogens is 2. The first-order chi connectivity index (χ1) is 6.09. The Kier molecular flexibility index (Phi) is 1.48. The van der Waals surface area contributed by atoms with Gasteiger partial charge in [-0.2, -0.15) is 8.78 Å². The fourth-order valence-electron chi connectivity index (χ4n) is 1.08. The Morgan fingerprint density at radius 2 is 2.38 bits per heavy atom. The molecule has 1 amide bonds. The summed E-state index contributed by atoms with van der Waals surface area (Å²) in [5.41, 5.74) is 0.0859. The van der Waals surface area contributed by atoms with Gasteiger partial charge in [0.25, 0.3) is 11.8 Å². The molecule has 1 aromatic rings. The van der Waals surface area contributed by atoms with Crippen LogP contribution in [0.15, 0.2) is 0 Å². The summed E-state index contributed by atoms with van der Waals surface area (Å²) in [6, 6.07) is 0. The average molecular weight is 189 g/mol. The number of hydrogen-bond acceptors (Lipinski definition) is 3. The molecule has 0 fully saturated rings. The van der Waals surface area contributed by atoms with Crippen molar-refractivity contribution in [3.8, 4) is 11.8 Å². The zero-order valence-electron chi connectivity index (χ0n) is 6.54. The van der Waals surface area contributed by atoms with E-state index >= 15 is 0 Å². The highest BCUT2D eigenvalue weighted by molar-refractivity contribution is 6.01. The van der Waals surface area contributed by atoms with Crippen molar-refractivity contribution in [3.63, 3.8) is 0 Å². The van der Waals surface area contributed by atoms with Crippen LogP contribution in [0, 0.1) is 0 Å². The molecular formula is C6H5F2N3O2. The SMILES string of the molecule is Cn1nc2c(C(=O)NC(F)F)c1O2. The van der Waals surface area contributed by atoms with Crippen LogP contribution in [0.25, 0.3) is 0 Å². The van der Waals surface area contributed by atoms with Crippen molar-refractivity contribution in [1.29, 1.82) is 0 Å². The molecule has 5 nitrogen and oxygen atoms in total. The number of halogens is 2. The van der Waals surface area contributed by atoms with Gasteiger partial charge in [0.05, 0.1) is 0 Å². The number of nitrogens with one attached hydrogen (secondary N) is 1. The predicted molar refractivity (Wildman–Crippen MR) is 36.8 cm³/mol. The molecule has 1 aromatic heterocycles. The second kappa shape index (κ2) is 2.41. The Bertz CT molecular complexity index is 374.